The Morgan fingerprint density at radius 1 is 1.00 bits per heavy atom. The van der Waals surface area contributed by atoms with E-state index in [-0.39, 0.29) is 10.5 Å². The van der Waals surface area contributed by atoms with Crippen LogP contribution in [0.15, 0.2) is 71.6 Å². The largest absolute Gasteiger partial charge is 0.293 e. The molecule has 0 atom stereocenters. The fourth-order valence-electron chi connectivity index (χ4n) is 2.90. The monoisotopic (exact) mass is 417 g/mol. The van der Waals surface area contributed by atoms with E-state index in [0.29, 0.717) is 16.1 Å². The molecule has 0 unspecified atom stereocenters. The molecule has 0 saturated heterocycles. The van der Waals surface area contributed by atoms with E-state index in [9.17, 15) is 17.6 Å². The molecule has 0 aliphatic rings. The Labute approximate surface area is 168 Å². The number of Topliss-reactive ketones (excluding diaryl/α,β-unsaturated/α-hetero) is 1. The molecular formula is C21H17ClFNO3S. The van der Waals surface area contributed by atoms with Gasteiger partial charge in [0.15, 0.2) is 5.78 Å². The van der Waals surface area contributed by atoms with Crippen molar-refractivity contribution in [1.82, 2.24) is 4.72 Å². The van der Waals surface area contributed by atoms with E-state index >= 15 is 0 Å². The molecule has 7 heteroatoms. The Balaban J connectivity index is 1.86. The third-order valence-corrected chi connectivity index (χ3v) is 5.99. The summed E-state index contributed by atoms with van der Waals surface area (Å²) in [5, 5.41) is 0.394. The average Bonchev–Trinajstić information content (AvgIpc) is 2.67. The zero-order valence-electron chi connectivity index (χ0n) is 14.9. The SMILES string of the molecule is Cc1c(-c2ccccc2)ccc(F)c1C(=O)CNS(=O)(=O)c1ccc(Cl)cc1. The zero-order valence-corrected chi connectivity index (χ0v) is 16.5. The van der Waals surface area contributed by atoms with Gasteiger partial charge in [-0.2, -0.15) is 0 Å². The molecule has 0 spiro atoms. The quantitative estimate of drug-likeness (QED) is 0.595. The van der Waals surface area contributed by atoms with E-state index < -0.39 is 28.2 Å². The molecule has 0 aliphatic heterocycles. The molecule has 0 aliphatic carbocycles. The van der Waals surface area contributed by atoms with E-state index in [1.807, 2.05) is 30.3 Å². The number of nitrogens with one attached hydrogen (secondary N) is 1. The molecule has 0 heterocycles. The lowest BCUT2D eigenvalue weighted by Crippen LogP contribution is -2.30. The highest BCUT2D eigenvalue weighted by atomic mass is 35.5. The highest BCUT2D eigenvalue weighted by Gasteiger charge is 2.21. The van der Waals surface area contributed by atoms with Crippen LogP contribution in [0.25, 0.3) is 11.1 Å². The smallest absolute Gasteiger partial charge is 0.240 e. The molecular weight excluding hydrogens is 401 g/mol. The number of ketones is 1. The first-order valence-electron chi connectivity index (χ1n) is 8.42. The molecule has 3 aromatic rings. The minimum absolute atomic E-state index is 0.0278. The highest BCUT2D eigenvalue weighted by Crippen LogP contribution is 2.27. The lowest BCUT2D eigenvalue weighted by atomic mass is 9.94. The molecule has 144 valence electrons. The summed E-state index contributed by atoms with van der Waals surface area (Å²) in [7, 11) is -3.92. The Kier molecular flexibility index (Phi) is 5.93. The molecule has 1 N–H and O–H groups in total. The van der Waals surface area contributed by atoms with Crippen molar-refractivity contribution in [3.63, 3.8) is 0 Å². The third-order valence-electron chi connectivity index (χ3n) is 4.32. The zero-order chi connectivity index (χ0) is 20.3. The summed E-state index contributed by atoms with van der Waals surface area (Å²) >= 11 is 5.76. The summed E-state index contributed by atoms with van der Waals surface area (Å²) in [6.45, 7) is 1.09. The molecule has 28 heavy (non-hydrogen) atoms. The van der Waals surface area contributed by atoms with Gasteiger partial charge < -0.3 is 0 Å². The summed E-state index contributed by atoms with van der Waals surface area (Å²) in [5.41, 5.74) is 1.89. The molecule has 0 radical (unpaired) electrons. The Morgan fingerprint density at radius 3 is 2.29 bits per heavy atom. The van der Waals surface area contributed by atoms with Crippen LogP contribution in [-0.4, -0.2) is 20.7 Å². The lowest BCUT2D eigenvalue weighted by Gasteiger charge is -2.13. The van der Waals surface area contributed by atoms with Crippen LogP contribution >= 0.6 is 11.6 Å². The van der Waals surface area contributed by atoms with Crippen LogP contribution < -0.4 is 4.72 Å². The number of carbonyl (C=O) groups excluding carboxylic acids is 1. The van der Waals surface area contributed by atoms with Crippen LogP contribution in [0.1, 0.15) is 15.9 Å². The first kappa shape index (κ1) is 20.2. The molecule has 3 rings (SSSR count). The number of benzene rings is 3. The van der Waals surface area contributed by atoms with Gasteiger partial charge in [-0.1, -0.05) is 48.0 Å². The molecule has 0 aromatic heterocycles. The molecule has 4 nitrogen and oxygen atoms in total. The average molecular weight is 418 g/mol. The first-order valence-corrected chi connectivity index (χ1v) is 10.3. The second kappa shape index (κ2) is 8.22. The minimum Gasteiger partial charge on any atom is -0.293 e. The fraction of sp³-hybridized carbons (Fsp3) is 0.0952. The second-order valence-corrected chi connectivity index (χ2v) is 8.37. The van der Waals surface area contributed by atoms with Gasteiger partial charge in [0.05, 0.1) is 17.0 Å². The van der Waals surface area contributed by atoms with E-state index in [0.717, 1.165) is 5.56 Å². The van der Waals surface area contributed by atoms with Gasteiger partial charge in [-0.25, -0.2) is 17.5 Å². The molecule has 3 aromatic carbocycles. The summed E-state index contributed by atoms with van der Waals surface area (Å²) in [5.74, 6) is -1.34. The summed E-state index contributed by atoms with van der Waals surface area (Å²) in [4.78, 5) is 12.6. The number of hydrogen-bond donors (Lipinski definition) is 1. The number of halogens is 2. The minimum atomic E-state index is -3.92. The van der Waals surface area contributed by atoms with Crippen molar-refractivity contribution in [3.8, 4) is 11.1 Å². The number of carbonyl (C=O) groups is 1. The van der Waals surface area contributed by atoms with Gasteiger partial charge >= 0.3 is 0 Å². The van der Waals surface area contributed by atoms with Crippen molar-refractivity contribution in [1.29, 1.82) is 0 Å². The predicted octanol–water partition coefficient (Wildman–Crippen LogP) is 4.62. The summed E-state index contributed by atoms with van der Waals surface area (Å²) < 4.78 is 41.3. The Morgan fingerprint density at radius 2 is 1.64 bits per heavy atom. The van der Waals surface area contributed by atoms with Crippen molar-refractivity contribution in [3.05, 3.63) is 88.7 Å². The first-order chi connectivity index (χ1) is 13.3. The van der Waals surface area contributed by atoms with Gasteiger partial charge in [-0.05, 0) is 53.9 Å². The van der Waals surface area contributed by atoms with Gasteiger partial charge in [0, 0.05) is 5.02 Å². The topological polar surface area (TPSA) is 63.2 Å². The van der Waals surface area contributed by atoms with Gasteiger partial charge in [0.2, 0.25) is 10.0 Å². The van der Waals surface area contributed by atoms with Crippen molar-refractivity contribution < 1.29 is 17.6 Å². The summed E-state index contributed by atoms with van der Waals surface area (Å²) in [6.07, 6.45) is 0. The molecule has 0 fully saturated rings. The van der Waals surface area contributed by atoms with E-state index in [4.69, 9.17) is 11.6 Å². The fourth-order valence-corrected chi connectivity index (χ4v) is 4.01. The summed E-state index contributed by atoms with van der Waals surface area (Å²) in [6, 6.07) is 17.6. The van der Waals surface area contributed by atoms with Gasteiger partial charge in [-0.3, -0.25) is 4.79 Å². The second-order valence-electron chi connectivity index (χ2n) is 6.16. The van der Waals surface area contributed by atoms with Crippen molar-refractivity contribution in [2.45, 2.75) is 11.8 Å². The number of sulfonamides is 1. The maximum Gasteiger partial charge on any atom is 0.240 e. The molecule has 0 saturated carbocycles. The lowest BCUT2D eigenvalue weighted by molar-refractivity contribution is 0.0992. The van der Waals surface area contributed by atoms with Crippen LogP contribution in [0.2, 0.25) is 5.02 Å². The number of rotatable bonds is 6. The van der Waals surface area contributed by atoms with Gasteiger partial charge in [0.1, 0.15) is 5.82 Å². The van der Waals surface area contributed by atoms with Crippen LogP contribution in [0.4, 0.5) is 4.39 Å². The van der Waals surface area contributed by atoms with E-state index in [1.54, 1.807) is 13.0 Å². The van der Waals surface area contributed by atoms with E-state index in [1.165, 1.54) is 30.3 Å². The maximum absolute atomic E-state index is 14.4. The molecule has 0 amide bonds. The van der Waals surface area contributed by atoms with Gasteiger partial charge in [-0.15, -0.1) is 0 Å². The Hall–Kier alpha value is -2.54. The maximum atomic E-state index is 14.4. The van der Waals surface area contributed by atoms with E-state index in [2.05, 4.69) is 4.72 Å². The standard InChI is InChI=1S/C21H17ClFNO3S/c1-14-18(15-5-3-2-4-6-15)11-12-19(23)21(14)20(25)13-24-28(26,27)17-9-7-16(22)8-10-17/h2-12,24H,13H2,1H3. The van der Waals surface area contributed by atoms with Crippen LogP contribution in [-0.2, 0) is 10.0 Å². The van der Waals surface area contributed by atoms with Crippen molar-refractivity contribution in [2.75, 3.05) is 6.54 Å². The van der Waals surface area contributed by atoms with Crippen LogP contribution in [0.5, 0.6) is 0 Å². The van der Waals surface area contributed by atoms with Gasteiger partial charge in [0.25, 0.3) is 0 Å². The normalized spacial score (nSPS) is 11.4. The number of hydrogen-bond acceptors (Lipinski definition) is 3. The van der Waals surface area contributed by atoms with Crippen molar-refractivity contribution >= 4 is 27.4 Å². The van der Waals surface area contributed by atoms with Crippen molar-refractivity contribution in [2.24, 2.45) is 0 Å². The van der Waals surface area contributed by atoms with Crippen LogP contribution in [0, 0.1) is 12.7 Å². The predicted molar refractivity (Wildman–Crippen MR) is 108 cm³/mol. The third kappa shape index (κ3) is 4.30. The van der Waals surface area contributed by atoms with Crippen LogP contribution in [0.3, 0.4) is 0 Å². The molecule has 0 bridgehead atoms. The Bertz CT molecular complexity index is 1110. The highest BCUT2D eigenvalue weighted by molar-refractivity contribution is 7.89.